The highest BCUT2D eigenvalue weighted by atomic mass is 32.2. The van der Waals surface area contributed by atoms with Gasteiger partial charge in [-0.05, 0) is 61.0 Å². The predicted molar refractivity (Wildman–Crippen MR) is 139 cm³/mol. The van der Waals surface area contributed by atoms with Gasteiger partial charge in [0.25, 0.3) is 5.91 Å². The monoisotopic (exact) mass is 536 g/mol. The summed E-state index contributed by atoms with van der Waals surface area (Å²) in [7, 11) is -2.18. The van der Waals surface area contributed by atoms with Crippen LogP contribution in [0.1, 0.15) is 32.9 Å². The van der Waals surface area contributed by atoms with Crippen molar-refractivity contribution in [2.75, 3.05) is 11.4 Å². The Labute approximate surface area is 220 Å². The number of amides is 1. The average Bonchev–Trinajstić information content (AvgIpc) is 3.23. The molecule has 0 atom stereocenters. The van der Waals surface area contributed by atoms with Gasteiger partial charge in [-0.2, -0.15) is 9.40 Å². The van der Waals surface area contributed by atoms with Gasteiger partial charge < -0.3 is 4.90 Å². The molecule has 1 aliphatic heterocycles. The first-order valence-electron chi connectivity index (χ1n) is 12.1. The number of hydrogen-bond donors (Lipinski definition) is 0. The van der Waals surface area contributed by atoms with E-state index in [0.717, 1.165) is 11.8 Å². The molecule has 0 saturated heterocycles. The largest absolute Gasteiger partial charge is 0.302 e. The molecule has 1 amide bonds. The second kappa shape index (κ2) is 10.1. The zero-order valence-electron chi connectivity index (χ0n) is 20.9. The van der Waals surface area contributed by atoms with Gasteiger partial charge in [0.15, 0.2) is 0 Å². The van der Waals surface area contributed by atoms with Crippen LogP contribution < -0.4 is 4.90 Å². The Morgan fingerprint density at radius 2 is 1.68 bits per heavy atom. The van der Waals surface area contributed by atoms with Crippen molar-refractivity contribution in [2.24, 2.45) is 7.05 Å². The average molecular weight is 537 g/mol. The molecule has 0 saturated carbocycles. The van der Waals surface area contributed by atoms with Crippen LogP contribution in [0.2, 0.25) is 0 Å². The topological polar surface area (TPSA) is 75.5 Å². The van der Waals surface area contributed by atoms with Gasteiger partial charge >= 0.3 is 0 Å². The number of anilines is 1. The number of benzene rings is 3. The third-order valence-corrected chi connectivity index (χ3v) is 8.76. The van der Waals surface area contributed by atoms with Crippen LogP contribution in [0.15, 0.2) is 77.7 Å². The van der Waals surface area contributed by atoms with Crippen LogP contribution in [0.25, 0.3) is 0 Å². The van der Waals surface area contributed by atoms with E-state index < -0.39 is 21.7 Å². The third kappa shape index (κ3) is 4.84. The molecule has 1 aromatic heterocycles. The van der Waals surface area contributed by atoms with Crippen molar-refractivity contribution < 1.29 is 22.0 Å². The fourth-order valence-corrected chi connectivity index (χ4v) is 6.40. The number of hydrogen-bond acceptors (Lipinski definition) is 4. The highest BCUT2D eigenvalue weighted by Crippen LogP contribution is 2.30. The van der Waals surface area contributed by atoms with Crippen molar-refractivity contribution >= 4 is 21.6 Å². The van der Waals surface area contributed by atoms with E-state index in [-0.39, 0.29) is 30.4 Å². The van der Waals surface area contributed by atoms with E-state index in [9.17, 15) is 22.0 Å². The molecule has 4 aromatic rings. The SMILES string of the molecule is Cc1ccc(F)cc1S(=O)(=O)N1CCc2c(c(CN(C(=O)c3ccc(F)cc3)c3ccccc3)nn2C)C1. The quantitative estimate of drug-likeness (QED) is 0.361. The fraction of sp³-hybridized carbons (Fsp3) is 0.214. The summed E-state index contributed by atoms with van der Waals surface area (Å²) in [6, 6.07) is 18.1. The van der Waals surface area contributed by atoms with Crippen LogP contribution in [0, 0.1) is 18.6 Å². The maximum Gasteiger partial charge on any atom is 0.258 e. The number of sulfonamides is 1. The number of aryl methyl sites for hydroxylation is 2. The molecule has 5 rings (SSSR count). The lowest BCUT2D eigenvalue weighted by atomic mass is 10.1. The Bertz CT molecular complexity index is 1600. The summed E-state index contributed by atoms with van der Waals surface area (Å²) < 4.78 is 57.5. The molecule has 0 bridgehead atoms. The molecule has 0 N–H and O–H groups in total. The van der Waals surface area contributed by atoms with Gasteiger partial charge in [0.2, 0.25) is 10.0 Å². The number of aromatic nitrogens is 2. The Hall–Kier alpha value is -3.89. The van der Waals surface area contributed by atoms with Gasteiger partial charge in [-0.25, -0.2) is 17.2 Å². The second-order valence-electron chi connectivity index (χ2n) is 9.23. The summed E-state index contributed by atoms with van der Waals surface area (Å²) in [6.07, 6.45) is 0.420. The number of rotatable bonds is 6. The highest BCUT2D eigenvalue weighted by molar-refractivity contribution is 7.89. The van der Waals surface area contributed by atoms with E-state index >= 15 is 0 Å². The maximum absolute atomic E-state index is 13.9. The summed E-state index contributed by atoms with van der Waals surface area (Å²) in [6.45, 7) is 1.98. The van der Waals surface area contributed by atoms with Gasteiger partial charge in [0.05, 0.1) is 17.1 Å². The van der Waals surface area contributed by atoms with Crippen LogP contribution in [-0.2, 0) is 36.6 Å². The number of fused-ring (bicyclic) bond motifs is 1. The van der Waals surface area contributed by atoms with E-state index in [1.807, 2.05) is 18.2 Å². The Morgan fingerprint density at radius 3 is 2.39 bits per heavy atom. The standard InChI is InChI=1S/C28H26F2N4O3S/c1-19-8-11-22(30)16-27(19)38(36,37)33-15-14-26-24(17-33)25(31-32(26)2)18-34(23-6-4-3-5-7-23)28(35)20-9-12-21(29)13-10-20/h3-13,16H,14-15,17-18H2,1-2H3. The van der Waals surface area contributed by atoms with Crippen molar-refractivity contribution in [1.82, 2.24) is 14.1 Å². The third-order valence-electron chi connectivity index (χ3n) is 6.77. The minimum Gasteiger partial charge on any atom is -0.302 e. The lowest BCUT2D eigenvalue weighted by Gasteiger charge is -2.28. The molecular formula is C28H26F2N4O3S. The van der Waals surface area contributed by atoms with Crippen molar-refractivity contribution in [3.8, 4) is 0 Å². The van der Waals surface area contributed by atoms with E-state index in [1.165, 1.54) is 40.7 Å². The Balaban J connectivity index is 1.50. The molecule has 7 nitrogen and oxygen atoms in total. The molecular weight excluding hydrogens is 510 g/mol. The zero-order valence-corrected chi connectivity index (χ0v) is 21.8. The van der Waals surface area contributed by atoms with Crippen LogP contribution in [-0.4, -0.2) is 35.0 Å². The van der Waals surface area contributed by atoms with Crippen molar-refractivity contribution in [2.45, 2.75) is 31.3 Å². The van der Waals surface area contributed by atoms with E-state index in [2.05, 4.69) is 5.10 Å². The number of carbonyl (C=O) groups is 1. The fourth-order valence-electron chi connectivity index (χ4n) is 4.75. The molecule has 1 aliphatic rings. The van der Waals surface area contributed by atoms with Gasteiger partial charge in [-0.1, -0.05) is 24.3 Å². The van der Waals surface area contributed by atoms with Crippen LogP contribution in [0.4, 0.5) is 14.5 Å². The second-order valence-corrected chi connectivity index (χ2v) is 11.1. The van der Waals surface area contributed by atoms with Crippen molar-refractivity contribution in [3.63, 3.8) is 0 Å². The molecule has 0 aliphatic carbocycles. The lowest BCUT2D eigenvalue weighted by Crippen LogP contribution is -2.37. The lowest BCUT2D eigenvalue weighted by molar-refractivity contribution is 0.0984. The van der Waals surface area contributed by atoms with Crippen molar-refractivity contribution in [1.29, 1.82) is 0 Å². The molecule has 0 spiro atoms. The summed E-state index contributed by atoms with van der Waals surface area (Å²) in [5.41, 5.74) is 3.54. The molecule has 10 heteroatoms. The summed E-state index contributed by atoms with van der Waals surface area (Å²) in [4.78, 5) is 15.0. The first-order valence-corrected chi connectivity index (χ1v) is 13.5. The summed E-state index contributed by atoms with van der Waals surface area (Å²) >= 11 is 0. The molecule has 3 aromatic carbocycles. The Morgan fingerprint density at radius 1 is 1.00 bits per heavy atom. The first kappa shape index (κ1) is 25.7. The predicted octanol–water partition coefficient (Wildman–Crippen LogP) is 4.60. The molecule has 0 fully saturated rings. The van der Waals surface area contributed by atoms with Crippen molar-refractivity contribution in [3.05, 3.63) is 113 Å². The smallest absolute Gasteiger partial charge is 0.258 e. The Kier molecular flexibility index (Phi) is 6.85. The number of carbonyl (C=O) groups excluding carboxylic acids is 1. The molecule has 0 radical (unpaired) electrons. The maximum atomic E-state index is 13.9. The van der Waals surface area contributed by atoms with Gasteiger partial charge in [-0.15, -0.1) is 0 Å². The van der Waals surface area contributed by atoms with Gasteiger partial charge in [0.1, 0.15) is 11.6 Å². The summed E-state index contributed by atoms with van der Waals surface area (Å²) in [5.74, 6) is -1.40. The van der Waals surface area contributed by atoms with E-state index in [4.69, 9.17) is 0 Å². The molecule has 38 heavy (non-hydrogen) atoms. The van der Waals surface area contributed by atoms with Gasteiger partial charge in [0, 0.05) is 49.1 Å². The first-order chi connectivity index (χ1) is 18.1. The number of halogens is 2. The minimum absolute atomic E-state index is 0.0458. The van der Waals surface area contributed by atoms with E-state index in [1.54, 1.807) is 35.7 Å². The number of para-hydroxylation sites is 1. The molecule has 196 valence electrons. The van der Waals surface area contributed by atoms with E-state index in [0.29, 0.717) is 34.5 Å². The number of nitrogens with zero attached hydrogens (tertiary/aromatic N) is 4. The van der Waals surface area contributed by atoms with Crippen LogP contribution in [0.5, 0.6) is 0 Å². The zero-order chi connectivity index (χ0) is 27.0. The normalized spacial score (nSPS) is 13.8. The molecule has 0 unspecified atom stereocenters. The molecule has 2 heterocycles. The highest BCUT2D eigenvalue weighted by Gasteiger charge is 2.34. The van der Waals surface area contributed by atoms with Gasteiger partial charge in [-0.3, -0.25) is 9.48 Å². The van der Waals surface area contributed by atoms with Crippen LogP contribution >= 0.6 is 0 Å². The van der Waals surface area contributed by atoms with Crippen LogP contribution in [0.3, 0.4) is 0 Å². The summed E-state index contributed by atoms with van der Waals surface area (Å²) in [5, 5.41) is 4.65. The minimum atomic E-state index is -3.97.